The molecule has 7 nitrogen and oxygen atoms in total. The Morgan fingerprint density at radius 1 is 1.21 bits per heavy atom. The largest absolute Gasteiger partial charge is 0.497 e. The monoisotopic (exact) mass is 396 g/mol. The second-order valence-electron chi connectivity index (χ2n) is 7.03. The molecule has 0 bridgehead atoms. The summed E-state index contributed by atoms with van der Waals surface area (Å²) in [6.45, 7) is 1.30. The molecule has 0 spiro atoms. The van der Waals surface area contributed by atoms with Crippen LogP contribution in [0.5, 0.6) is 11.5 Å². The lowest BCUT2D eigenvalue weighted by Crippen LogP contribution is -2.45. The number of methoxy groups -OCH3 is 1. The predicted octanol–water partition coefficient (Wildman–Crippen LogP) is 2.34. The molecule has 0 saturated carbocycles. The predicted molar refractivity (Wildman–Crippen MR) is 113 cm³/mol. The normalized spacial score (nSPS) is 15.7. The second-order valence-corrected chi connectivity index (χ2v) is 7.03. The number of nitrogens with one attached hydrogen (secondary N) is 2. The van der Waals surface area contributed by atoms with Gasteiger partial charge in [0.2, 0.25) is 5.91 Å². The van der Waals surface area contributed by atoms with Gasteiger partial charge in [0.15, 0.2) is 5.96 Å². The van der Waals surface area contributed by atoms with Crippen LogP contribution >= 0.6 is 0 Å². The number of hydrogen-bond acceptors (Lipinski definition) is 4. The fourth-order valence-electron chi connectivity index (χ4n) is 3.03. The Morgan fingerprint density at radius 2 is 1.97 bits per heavy atom. The summed E-state index contributed by atoms with van der Waals surface area (Å²) in [6, 6.07) is 15.8. The number of aliphatic imine (C=N–C) groups is 1. The summed E-state index contributed by atoms with van der Waals surface area (Å²) in [6.07, 6.45) is 0.821. The molecule has 0 aromatic heterocycles. The van der Waals surface area contributed by atoms with Crippen molar-refractivity contribution in [2.45, 2.75) is 19.0 Å². The number of benzene rings is 2. The maximum absolute atomic E-state index is 12.0. The zero-order valence-corrected chi connectivity index (χ0v) is 17.1. The fourth-order valence-corrected chi connectivity index (χ4v) is 3.03. The molecule has 1 atom stereocenters. The van der Waals surface area contributed by atoms with Crippen LogP contribution in [0, 0.1) is 0 Å². The van der Waals surface area contributed by atoms with Crippen molar-refractivity contribution in [3.8, 4) is 11.5 Å². The van der Waals surface area contributed by atoms with Crippen molar-refractivity contribution in [1.29, 1.82) is 0 Å². The first-order valence-electron chi connectivity index (χ1n) is 9.66. The van der Waals surface area contributed by atoms with Crippen LogP contribution in [0.3, 0.4) is 0 Å². The Hall–Kier alpha value is -3.22. The average molecular weight is 396 g/mol. The van der Waals surface area contributed by atoms with Crippen LogP contribution in [-0.2, 0) is 11.3 Å². The summed E-state index contributed by atoms with van der Waals surface area (Å²) >= 11 is 0. The lowest BCUT2D eigenvalue weighted by atomic mass is 10.0. The van der Waals surface area contributed by atoms with Gasteiger partial charge in [-0.2, -0.15) is 0 Å². The van der Waals surface area contributed by atoms with Crippen molar-refractivity contribution in [3.63, 3.8) is 0 Å². The highest BCUT2D eigenvalue weighted by molar-refractivity contribution is 5.86. The highest BCUT2D eigenvalue weighted by atomic mass is 16.5. The van der Waals surface area contributed by atoms with Crippen molar-refractivity contribution in [1.82, 2.24) is 15.5 Å². The first kappa shape index (κ1) is 20.5. The van der Waals surface area contributed by atoms with Crippen molar-refractivity contribution in [3.05, 3.63) is 59.7 Å². The van der Waals surface area contributed by atoms with Crippen molar-refractivity contribution < 1.29 is 14.3 Å². The summed E-state index contributed by atoms with van der Waals surface area (Å²) < 4.78 is 10.9. The minimum absolute atomic E-state index is 0.0173. The molecule has 154 valence electrons. The Bertz CT molecular complexity index is 849. The standard InChI is InChI=1S/C22H28N4O3/c1-26(2)21(27)15-24-22(23-14-16-8-10-17(28-3)11-9-16)25-19-12-13-29-20-7-5-4-6-18(19)20/h4-11,19H,12-15H2,1-3H3,(H2,23,24,25). The highest BCUT2D eigenvalue weighted by Gasteiger charge is 2.22. The maximum atomic E-state index is 12.0. The molecule has 7 heteroatoms. The van der Waals surface area contributed by atoms with E-state index in [9.17, 15) is 4.79 Å². The zero-order valence-electron chi connectivity index (χ0n) is 17.1. The molecule has 1 aliphatic heterocycles. The highest BCUT2D eigenvalue weighted by Crippen LogP contribution is 2.31. The number of nitrogens with zero attached hydrogens (tertiary/aromatic N) is 2. The summed E-state index contributed by atoms with van der Waals surface area (Å²) in [4.78, 5) is 18.3. The maximum Gasteiger partial charge on any atom is 0.241 e. The first-order valence-corrected chi connectivity index (χ1v) is 9.66. The smallest absolute Gasteiger partial charge is 0.241 e. The van der Waals surface area contributed by atoms with E-state index in [1.54, 1.807) is 26.1 Å². The molecular weight excluding hydrogens is 368 g/mol. The number of guanidine groups is 1. The lowest BCUT2D eigenvalue weighted by Gasteiger charge is -2.28. The van der Waals surface area contributed by atoms with Crippen LogP contribution in [0.1, 0.15) is 23.6 Å². The molecule has 0 saturated heterocycles. The van der Waals surface area contributed by atoms with Gasteiger partial charge in [-0.05, 0) is 23.8 Å². The molecular formula is C22H28N4O3. The van der Waals surface area contributed by atoms with E-state index in [1.165, 1.54) is 0 Å². The van der Waals surface area contributed by atoms with Crippen molar-refractivity contribution in [2.75, 3.05) is 34.4 Å². The van der Waals surface area contributed by atoms with Crippen molar-refractivity contribution in [2.24, 2.45) is 4.99 Å². The minimum Gasteiger partial charge on any atom is -0.497 e. The van der Waals surface area contributed by atoms with E-state index >= 15 is 0 Å². The van der Waals surface area contributed by atoms with E-state index < -0.39 is 0 Å². The molecule has 29 heavy (non-hydrogen) atoms. The van der Waals surface area contributed by atoms with E-state index in [0.717, 1.165) is 29.0 Å². The van der Waals surface area contributed by atoms with Gasteiger partial charge in [0.1, 0.15) is 11.5 Å². The number of ether oxygens (including phenoxy) is 2. The number of amides is 1. The average Bonchev–Trinajstić information content (AvgIpc) is 2.75. The molecule has 0 aliphatic carbocycles. The Kier molecular flexibility index (Phi) is 6.94. The number of rotatable bonds is 6. The second kappa shape index (κ2) is 9.82. The summed E-state index contributed by atoms with van der Waals surface area (Å²) in [5, 5.41) is 6.62. The van der Waals surface area contributed by atoms with E-state index in [2.05, 4.69) is 21.7 Å². The Balaban J connectivity index is 1.74. The van der Waals surface area contributed by atoms with Gasteiger partial charge >= 0.3 is 0 Å². The van der Waals surface area contributed by atoms with Gasteiger partial charge in [-0.15, -0.1) is 0 Å². The molecule has 1 amide bonds. The van der Waals surface area contributed by atoms with E-state index in [-0.39, 0.29) is 18.5 Å². The van der Waals surface area contributed by atoms with Crippen LogP contribution in [0.15, 0.2) is 53.5 Å². The third-order valence-electron chi connectivity index (χ3n) is 4.75. The van der Waals surface area contributed by atoms with Crippen LogP contribution < -0.4 is 20.1 Å². The number of para-hydroxylation sites is 1. The van der Waals surface area contributed by atoms with Crippen LogP contribution in [0.25, 0.3) is 0 Å². The quantitative estimate of drug-likeness (QED) is 0.579. The summed E-state index contributed by atoms with van der Waals surface area (Å²) in [5.41, 5.74) is 2.15. The van der Waals surface area contributed by atoms with Gasteiger partial charge in [-0.25, -0.2) is 4.99 Å². The van der Waals surface area contributed by atoms with Gasteiger partial charge < -0.3 is 25.0 Å². The summed E-state index contributed by atoms with van der Waals surface area (Å²) in [5.74, 6) is 2.27. The van der Waals surface area contributed by atoms with Gasteiger partial charge in [0, 0.05) is 26.1 Å². The number of fused-ring (bicyclic) bond motifs is 1. The molecule has 0 radical (unpaired) electrons. The third kappa shape index (κ3) is 5.63. The van der Waals surface area contributed by atoms with Crippen molar-refractivity contribution >= 4 is 11.9 Å². The van der Waals surface area contributed by atoms with E-state index in [1.807, 2.05) is 42.5 Å². The number of hydrogen-bond donors (Lipinski definition) is 2. The fraction of sp³-hybridized carbons (Fsp3) is 0.364. The molecule has 2 N–H and O–H groups in total. The van der Waals surface area contributed by atoms with Crippen LogP contribution in [0.2, 0.25) is 0 Å². The molecule has 0 fully saturated rings. The molecule has 3 rings (SSSR count). The zero-order chi connectivity index (χ0) is 20.6. The van der Waals surface area contributed by atoms with Gasteiger partial charge in [0.05, 0.1) is 32.8 Å². The van der Waals surface area contributed by atoms with Gasteiger partial charge in [-0.1, -0.05) is 30.3 Å². The summed E-state index contributed by atoms with van der Waals surface area (Å²) in [7, 11) is 5.12. The van der Waals surface area contributed by atoms with Gasteiger partial charge in [-0.3, -0.25) is 4.79 Å². The lowest BCUT2D eigenvalue weighted by molar-refractivity contribution is -0.127. The minimum atomic E-state index is -0.0173. The Labute approximate surface area is 171 Å². The molecule has 2 aromatic carbocycles. The molecule has 1 heterocycles. The molecule has 2 aromatic rings. The topological polar surface area (TPSA) is 75.2 Å². The van der Waals surface area contributed by atoms with E-state index in [4.69, 9.17) is 9.47 Å². The third-order valence-corrected chi connectivity index (χ3v) is 4.75. The molecule has 1 unspecified atom stereocenters. The van der Waals surface area contributed by atoms with Crippen LogP contribution in [-0.4, -0.2) is 51.1 Å². The number of carbonyl (C=O) groups is 1. The van der Waals surface area contributed by atoms with E-state index in [0.29, 0.717) is 19.1 Å². The number of carbonyl (C=O) groups excluding carboxylic acids is 1. The first-order chi connectivity index (χ1) is 14.1. The SMILES string of the molecule is COc1ccc(CN=C(NCC(=O)N(C)C)NC2CCOc3ccccc32)cc1. The van der Waals surface area contributed by atoms with Gasteiger partial charge in [0.25, 0.3) is 0 Å². The molecule has 1 aliphatic rings. The Morgan fingerprint density at radius 3 is 2.69 bits per heavy atom. The number of likely N-dealkylation sites (N-methyl/N-ethyl adjacent to an activating group) is 1. The van der Waals surface area contributed by atoms with Crippen LogP contribution in [0.4, 0.5) is 0 Å².